The smallest absolute Gasteiger partial charge is 0.407 e. The van der Waals surface area contributed by atoms with Gasteiger partial charge in [0.2, 0.25) is 0 Å². The van der Waals surface area contributed by atoms with Gasteiger partial charge in [-0.3, -0.25) is 0 Å². The van der Waals surface area contributed by atoms with Crippen molar-refractivity contribution in [3.8, 4) is 28.4 Å². The maximum absolute atomic E-state index is 13.3. The highest BCUT2D eigenvalue weighted by atomic mass is 16.5. The van der Waals surface area contributed by atoms with Gasteiger partial charge in [-0.1, -0.05) is 60.7 Å². The molecule has 0 saturated heterocycles. The average molecular weight is 540 g/mol. The van der Waals surface area contributed by atoms with Crippen LogP contribution in [0.2, 0.25) is 0 Å². The molecule has 2 N–H and O–H groups in total. The molecule has 0 heterocycles. The molecule has 40 heavy (non-hydrogen) atoms. The summed E-state index contributed by atoms with van der Waals surface area (Å²) in [5, 5.41) is 11.9. The first-order chi connectivity index (χ1) is 19.5. The lowest BCUT2D eigenvalue weighted by atomic mass is 9.97. The average Bonchev–Trinajstić information content (AvgIpc) is 3.31. The Labute approximate surface area is 232 Å². The highest BCUT2D eigenvalue weighted by Crippen LogP contribution is 2.44. The number of aliphatic carboxylic acids is 1. The van der Waals surface area contributed by atoms with Gasteiger partial charge in [-0.05, 0) is 52.1 Å². The number of hydrogen-bond donors (Lipinski definition) is 2. The normalized spacial score (nSPS) is 12.6. The van der Waals surface area contributed by atoms with Crippen molar-refractivity contribution in [1.82, 2.24) is 5.32 Å². The van der Waals surface area contributed by atoms with E-state index in [1.807, 2.05) is 30.3 Å². The summed E-state index contributed by atoms with van der Waals surface area (Å²) in [5.41, 5.74) is 5.97. The molecular weight excluding hydrogens is 510 g/mol. The van der Waals surface area contributed by atoms with E-state index in [4.69, 9.17) is 24.1 Å². The summed E-state index contributed by atoms with van der Waals surface area (Å²) in [7, 11) is 3.11. The van der Waals surface area contributed by atoms with Crippen molar-refractivity contribution in [3.63, 3.8) is 0 Å². The van der Waals surface area contributed by atoms with Gasteiger partial charge in [0.15, 0.2) is 6.61 Å². The molecule has 0 bridgehead atoms. The van der Waals surface area contributed by atoms with Gasteiger partial charge < -0.3 is 29.4 Å². The Morgan fingerprint density at radius 3 is 2.05 bits per heavy atom. The van der Waals surface area contributed by atoms with E-state index in [0.717, 1.165) is 27.8 Å². The fraction of sp³-hybridized carbons (Fsp3) is 0.188. The molecule has 1 amide bonds. The van der Waals surface area contributed by atoms with Crippen molar-refractivity contribution in [2.75, 3.05) is 27.4 Å². The van der Waals surface area contributed by atoms with Crippen LogP contribution >= 0.6 is 0 Å². The first-order valence-corrected chi connectivity index (χ1v) is 12.8. The molecule has 1 aliphatic rings. The van der Waals surface area contributed by atoms with E-state index in [1.54, 1.807) is 50.6 Å². The van der Waals surface area contributed by atoms with E-state index in [0.29, 0.717) is 22.8 Å². The van der Waals surface area contributed by atoms with E-state index in [-0.39, 0.29) is 12.5 Å². The lowest BCUT2D eigenvalue weighted by Gasteiger charge is -2.23. The van der Waals surface area contributed by atoms with Crippen molar-refractivity contribution in [2.45, 2.75) is 12.0 Å². The van der Waals surface area contributed by atoms with Gasteiger partial charge >= 0.3 is 12.1 Å². The summed E-state index contributed by atoms with van der Waals surface area (Å²) in [5.74, 6) is 0.389. The van der Waals surface area contributed by atoms with Crippen LogP contribution in [0, 0.1) is 0 Å². The number of carbonyl (C=O) groups is 2. The minimum atomic E-state index is -1.07. The molecule has 0 radical (unpaired) electrons. The molecule has 0 aliphatic heterocycles. The Balaban J connectivity index is 1.38. The monoisotopic (exact) mass is 539 g/mol. The predicted molar refractivity (Wildman–Crippen MR) is 149 cm³/mol. The number of ether oxygens (including phenoxy) is 4. The van der Waals surface area contributed by atoms with Crippen LogP contribution < -0.4 is 19.5 Å². The lowest BCUT2D eigenvalue weighted by molar-refractivity contribution is -0.139. The minimum Gasteiger partial charge on any atom is -0.497 e. The molecule has 8 nitrogen and oxygen atoms in total. The zero-order valence-corrected chi connectivity index (χ0v) is 22.1. The number of nitrogens with one attached hydrogen (secondary N) is 1. The Bertz CT molecular complexity index is 1470. The fourth-order valence-corrected chi connectivity index (χ4v) is 5.06. The summed E-state index contributed by atoms with van der Waals surface area (Å²) >= 11 is 0. The number of carbonyl (C=O) groups excluding carboxylic acids is 1. The number of carboxylic acids is 1. The quantitative estimate of drug-likeness (QED) is 0.263. The second kappa shape index (κ2) is 11.8. The molecule has 0 fully saturated rings. The number of alkyl carbamates (subject to hydrolysis) is 1. The van der Waals surface area contributed by atoms with E-state index in [1.165, 1.54) is 0 Å². The van der Waals surface area contributed by atoms with Crippen LogP contribution in [-0.2, 0) is 9.53 Å². The van der Waals surface area contributed by atoms with Crippen molar-refractivity contribution < 1.29 is 33.6 Å². The molecular formula is C32H29NO7. The van der Waals surface area contributed by atoms with E-state index in [2.05, 4.69) is 29.6 Å². The molecule has 0 unspecified atom stereocenters. The maximum atomic E-state index is 13.3. The Morgan fingerprint density at radius 1 is 0.825 bits per heavy atom. The van der Waals surface area contributed by atoms with Crippen LogP contribution in [0.3, 0.4) is 0 Å². The van der Waals surface area contributed by atoms with Crippen molar-refractivity contribution in [2.24, 2.45) is 0 Å². The first-order valence-electron chi connectivity index (χ1n) is 12.8. The number of carboxylic acid groups (broad SMARTS) is 1. The van der Waals surface area contributed by atoms with Gasteiger partial charge in [0, 0.05) is 17.5 Å². The standard InChI is InChI=1S/C32H29NO7/c1-37-22-15-16-27(29(17-22)38-2)31(20-11-13-21(14-12-20)39-19-30(34)35)33-32(36)40-18-28-25-9-5-3-7-23(25)24-8-4-6-10-26(24)28/h3-17,28,31H,18-19H2,1-2H3,(H,33,36)(H,34,35)/t31-/m0/s1. The van der Waals surface area contributed by atoms with Crippen molar-refractivity contribution in [3.05, 3.63) is 113 Å². The van der Waals surface area contributed by atoms with Gasteiger partial charge in [-0.2, -0.15) is 0 Å². The molecule has 204 valence electrons. The van der Waals surface area contributed by atoms with Crippen LogP contribution in [0.5, 0.6) is 17.2 Å². The molecule has 0 saturated carbocycles. The summed E-state index contributed by atoms with van der Waals surface area (Å²) in [6.45, 7) is -0.276. The Kier molecular flexibility index (Phi) is 7.87. The molecule has 0 aromatic heterocycles. The highest BCUT2D eigenvalue weighted by molar-refractivity contribution is 5.79. The zero-order chi connectivity index (χ0) is 28.1. The third-order valence-corrected chi connectivity index (χ3v) is 6.93. The number of benzene rings is 4. The summed E-state index contributed by atoms with van der Waals surface area (Å²) in [6.07, 6.45) is -0.587. The topological polar surface area (TPSA) is 103 Å². The van der Waals surface area contributed by atoms with Gasteiger partial charge in [-0.25, -0.2) is 9.59 Å². The zero-order valence-electron chi connectivity index (χ0n) is 22.1. The second-order valence-corrected chi connectivity index (χ2v) is 9.26. The van der Waals surface area contributed by atoms with E-state index in [9.17, 15) is 9.59 Å². The largest absolute Gasteiger partial charge is 0.497 e. The summed E-state index contributed by atoms with van der Waals surface area (Å²) < 4.78 is 22.0. The molecule has 5 rings (SSSR count). The molecule has 1 atom stereocenters. The maximum Gasteiger partial charge on any atom is 0.407 e. The minimum absolute atomic E-state index is 0.0715. The van der Waals surface area contributed by atoms with E-state index < -0.39 is 24.7 Å². The predicted octanol–water partition coefficient (Wildman–Crippen LogP) is 5.80. The van der Waals surface area contributed by atoms with Gasteiger partial charge in [-0.15, -0.1) is 0 Å². The summed E-state index contributed by atoms with van der Waals surface area (Å²) in [4.78, 5) is 24.1. The third-order valence-electron chi connectivity index (χ3n) is 6.93. The number of hydrogen-bond acceptors (Lipinski definition) is 6. The molecule has 0 spiro atoms. The van der Waals surface area contributed by atoms with E-state index >= 15 is 0 Å². The second-order valence-electron chi connectivity index (χ2n) is 9.26. The van der Waals surface area contributed by atoms with Crippen molar-refractivity contribution in [1.29, 1.82) is 0 Å². The van der Waals surface area contributed by atoms with Crippen LogP contribution in [0.4, 0.5) is 4.79 Å². The molecule has 8 heteroatoms. The SMILES string of the molecule is COc1ccc([C@@H](NC(=O)OCC2c3ccccc3-c3ccccc32)c2ccc(OCC(=O)O)cc2)c(OC)c1. The number of rotatable bonds is 10. The van der Waals surface area contributed by atoms with Gasteiger partial charge in [0.25, 0.3) is 0 Å². The van der Waals surface area contributed by atoms with Crippen LogP contribution in [-0.4, -0.2) is 44.6 Å². The van der Waals surface area contributed by atoms with Crippen LogP contribution in [0.25, 0.3) is 11.1 Å². The van der Waals surface area contributed by atoms with Crippen LogP contribution in [0.15, 0.2) is 91.0 Å². The van der Waals surface area contributed by atoms with Gasteiger partial charge in [0.1, 0.15) is 23.9 Å². The molecule has 4 aromatic carbocycles. The van der Waals surface area contributed by atoms with Crippen molar-refractivity contribution >= 4 is 12.1 Å². The van der Waals surface area contributed by atoms with Gasteiger partial charge in [0.05, 0.1) is 20.3 Å². The molecule has 1 aliphatic carbocycles. The number of fused-ring (bicyclic) bond motifs is 3. The Hall–Kier alpha value is -4.98. The lowest BCUT2D eigenvalue weighted by Crippen LogP contribution is -2.31. The number of amides is 1. The number of methoxy groups -OCH3 is 2. The Morgan fingerprint density at radius 2 is 1.45 bits per heavy atom. The highest BCUT2D eigenvalue weighted by Gasteiger charge is 2.30. The van der Waals surface area contributed by atoms with Crippen LogP contribution in [0.1, 0.15) is 34.2 Å². The molecule has 4 aromatic rings. The third kappa shape index (κ3) is 5.56. The summed E-state index contributed by atoms with van der Waals surface area (Å²) in [6, 6.07) is 27.9. The first kappa shape index (κ1) is 26.6. The fourth-order valence-electron chi connectivity index (χ4n) is 5.06.